The van der Waals surface area contributed by atoms with Crippen LogP contribution >= 0.6 is 0 Å². The van der Waals surface area contributed by atoms with Gasteiger partial charge in [-0.2, -0.15) is 0 Å². The Balaban J connectivity index is 2.78. The van der Waals surface area contributed by atoms with Gasteiger partial charge in [-0.3, -0.25) is 0 Å². The molecule has 1 unspecified atom stereocenters. The second kappa shape index (κ2) is 5.50. The summed E-state index contributed by atoms with van der Waals surface area (Å²) in [5, 5.41) is 15.1. The van der Waals surface area contributed by atoms with E-state index in [0.29, 0.717) is 5.82 Å². The SMILES string of the molecule is CCNc1cc(NC(C)CO)nc(C)n1. The van der Waals surface area contributed by atoms with Crippen LogP contribution in [0.3, 0.4) is 0 Å². The number of nitrogens with zero attached hydrogens (tertiary/aromatic N) is 2. The third-order valence-electron chi connectivity index (χ3n) is 1.86. The van der Waals surface area contributed by atoms with Crippen molar-refractivity contribution in [1.82, 2.24) is 9.97 Å². The second-order valence-corrected chi connectivity index (χ2v) is 3.44. The number of aliphatic hydroxyl groups is 1. The van der Waals surface area contributed by atoms with Crippen LogP contribution in [0.2, 0.25) is 0 Å². The molecule has 1 rings (SSSR count). The lowest BCUT2D eigenvalue weighted by Gasteiger charge is -2.13. The topological polar surface area (TPSA) is 70.1 Å². The minimum atomic E-state index is -0.00576. The Bertz CT molecular complexity index is 316. The fourth-order valence-corrected chi connectivity index (χ4v) is 1.21. The van der Waals surface area contributed by atoms with Gasteiger partial charge in [0.25, 0.3) is 0 Å². The number of nitrogens with one attached hydrogen (secondary N) is 2. The van der Waals surface area contributed by atoms with E-state index in [2.05, 4.69) is 20.6 Å². The molecular weight excluding hydrogens is 192 g/mol. The van der Waals surface area contributed by atoms with Crippen molar-refractivity contribution < 1.29 is 5.11 Å². The summed E-state index contributed by atoms with van der Waals surface area (Å²) in [5.41, 5.74) is 0. The molecule has 0 fully saturated rings. The van der Waals surface area contributed by atoms with Crippen LogP contribution in [-0.4, -0.2) is 34.3 Å². The summed E-state index contributed by atoms with van der Waals surface area (Å²) in [6, 6.07) is 1.83. The number of rotatable bonds is 5. The summed E-state index contributed by atoms with van der Waals surface area (Å²) < 4.78 is 0. The number of aryl methyl sites for hydroxylation is 1. The second-order valence-electron chi connectivity index (χ2n) is 3.44. The monoisotopic (exact) mass is 210 g/mol. The Kier molecular flexibility index (Phi) is 4.30. The number of aliphatic hydroxyl groups excluding tert-OH is 1. The van der Waals surface area contributed by atoms with Crippen molar-refractivity contribution in [3.05, 3.63) is 11.9 Å². The average Bonchev–Trinajstić information content (AvgIpc) is 2.17. The van der Waals surface area contributed by atoms with E-state index >= 15 is 0 Å². The van der Waals surface area contributed by atoms with Gasteiger partial charge in [0.2, 0.25) is 0 Å². The van der Waals surface area contributed by atoms with Crippen molar-refractivity contribution in [3.63, 3.8) is 0 Å². The van der Waals surface area contributed by atoms with E-state index in [0.717, 1.165) is 18.2 Å². The van der Waals surface area contributed by atoms with Gasteiger partial charge >= 0.3 is 0 Å². The standard InChI is InChI=1S/C10H18N4O/c1-4-11-9-5-10(12-7(2)6-15)14-8(3)13-9/h5,7,15H,4,6H2,1-3H3,(H2,11,12,13,14). The lowest BCUT2D eigenvalue weighted by Crippen LogP contribution is -2.20. The molecule has 0 spiro atoms. The van der Waals surface area contributed by atoms with Gasteiger partial charge in [0.05, 0.1) is 6.61 Å². The maximum Gasteiger partial charge on any atom is 0.132 e. The molecule has 1 heterocycles. The first kappa shape index (κ1) is 11.7. The van der Waals surface area contributed by atoms with Crippen molar-refractivity contribution >= 4 is 11.6 Å². The molecule has 0 aliphatic rings. The Labute approximate surface area is 90.0 Å². The lowest BCUT2D eigenvalue weighted by molar-refractivity contribution is 0.281. The predicted molar refractivity (Wildman–Crippen MR) is 61.1 cm³/mol. The predicted octanol–water partition coefficient (Wildman–Crippen LogP) is 1.01. The van der Waals surface area contributed by atoms with E-state index < -0.39 is 0 Å². The Hall–Kier alpha value is -1.36. The van der Waals surface area contributed by atoms with Crippen LogP contribution in [0.15, 0.2) is 6.07 Å². The number of anilines is 2. The quantitative estimate of drug-likeness (QED) is 0.676. The van der Waals surface area contributed by atoms with Crippen LogP contribution < -0.4 is 10.6 Å². The van der Waals surface area contributed by atoms with Crippen molar-refractivity contribution in [3.8, 4) is 0 Å². The van der Waals surface area contributed by atoms with Gasteiger partial charge in [0.15, 0.2) is 0 Å². The van der Waals surface area contributed by atoms with E-state index in [4.69, 9.17) is 5.11 Å². The third-order valence-corrected chi connectivity index (χ3v) is 1.86. The van der Waals surface area contributed by atoms with Crippen molar-refractivity contribution in [2.75, 3.05) is 23.8 Å². The van der Waals surface area contributed by atoms with Gasteiger partial charge in [-0.1, -0.05) is 0 Å². The molecule has 3 N–H and O–H groups in total. The average molecular weight is 210 g/mol. The molecule has 0 radical (unpaired) electrons. The molecule has 0 saturated heterocycles. The van der Waals surface area contributed by atoms with E-state index in [1.807, 2.05) is 26.8 Å². The zero-order valence-corrected chi connectivity index (χ0v) is 9.41. The molecule has 84 valence electrons. The summed E-state index contributed by atoms with van der Waals surface area (Å²) in [6.07, 6.45) is 0. The molecule has 5 heteroatoms. The minimum Gasteiger partial charge on any atom is -0.394 e. The molecule has 5 nitrogen and oxygen atoms in total. The molecule has 0 bridgehead atoms. The van der Waals surface area contributed by atoms with Gasteiger partial charge in [-0.15, -0.1) is 0 Å². The summed E-state index contributed by atoms with van der Waals surface area (Å²) in [7, 11) is 0. The summed E-state index contributed by atoms with van der Waals surface area (Å²) in [5.74, 6) is 2.25. The zero-order chi connectivity index (χ0) is 11.3. The highest BCUT2D eigenvalue weighted by Crippen LogP contribution is 2.11. The summed E-state index contributed by atoms with van der Waals surface area (Å²) in [4.78, 5) is 8.46. The van der Waals surface area contributed by atoms with Crippen LogP contribution in [-0.2, 0) is 0 Å². The van der Waals surface area contributed by atoms with Crippen LogP contribution in [0.1, 0.15) is 19.7 Å². The fraction of sp³-hybridized carbons (Fsp3) is 0.600. The first-order chi connectivity index (χ1) is 7.15. The first-order valence-corrected chi connectivity index (χ1v) is 5.12. The van der Waals surface area contributed by atoms with Crippen molar-refractivity contribution in [2.24, 2.45) is 0 Å². The maximum atomic E-state index is 8.92. The van der Waals surface area contributed by atoms with E-state index in [1.54, 1.807) is 0 Å². The normalized spacial score (nSPS) is 12.3. The molecule has 0 aromatic carbocycles. The minimum absolute atomic E-state index is 0.00576. The van der Waals surface area contributed by atoms with Crippen molar-refractivity contribution in [1.29, 1.82) is 0 Å². The molecular formula is C10H18N4O. The Morgan fingerprint density at radius 3 is 2.67 bits per heavy atom. The van der Waals surface area contributed by atoms with E-state index in [9.17, 15) is 0 Å². The molecule has 0 aliphatic heterocycles. The van der Waals surface area contributed by atoms with Gasteiger partial charge < -0.3 is 15.7 Å². The summed E-state index contributed by atoms with van der Waals surface area (Å²) in [6.45, 7) is 6.66. The van der Waals surface area contributed by atoms with E-state index in [1.165, 1.54) is 0 Å². The Morgan fingerprint density at radius 2 is 2.07 bits per heavy atom. The smallest absolute Gasteiger partial charge is 0.132 e. The number of hydrogen-bond acceptors (Lipinski definition) is 5. The maximum absolute atomic E-state index is 8.92. The molecule has 1 atom stereocenters. The largest absolute Gasteiger partial charge is 0.394 e. The van der Waals surface area contributed by atoms with Crippen LogP contribution in [0.5, 0.6) is 0 Å². The molecule has 15 heavy (non-hydrogen) atoms. The van der Waals surface area contributed by atoms with Crippen LogP contribution in [0.25, 0.3) is 0 Å². The Morgan fingerprint density at radius 1 is 1.40 bits per heavy atom. The molecule has 1 aromatic rings. The fourth-order valence-electron chi connectivity index (χ4n) is 1.21. The highest BCUT2D eigenvalue weighted by molar-refractivity contribution is 5.47. The molecule has 0 aliphatic carbocycles. The first-order valence-electron chi connectivity index (χ1n) is 5.12. The van der Waals surface area contributed by atoms with Crippen LogP contribution in [0, 0.1) is 6.92 Å². The van der Waals surface area contributed by atoms with Gasteiger partial charge in [-0.05, 0) is 20.8 Å². The zero-order valence-electron chi connectivity index (χ0n) is 9.41. The van der Waals surface area contributed by atoms with Crippen molar-refractivity contribution in [2.45, 2.75) is 26.8 Å². The molecule has 0 amide bonds. The number of aromatic nitrogens is 2. The highest BCUT2D eigenvalue weighted by Gasteiger charge is 2.04. The summed E-state index contributed by atoms with van der Waals surface area (Å²) >= 11 is 0. The molecule has 0 saturated carbocycles. The lowest BCUT2D eigenvalue weighted by atomic mass is 10.3. The highest BCUT2D eigenvalue weighted by atomic mass is 16.3. The molecule has 1 aromatic heterocycles. The number of hydrogen-bond donors (Lipinski definition) is 3. The van der Waals surface area contributed by atoms with E-state index in [-0.39, 0.29) is 12.6 Å². The van der Waals surface area contributed by atoms with Gasteiger partial charge in [0.1, 0.15) is 17.5 Å². The van der Waals surface area contributed by atoms with Crippen LogP contribution in [0.4, 0.5) is 11.6 Å². The van der Waals surface area contributed by atoms with Gasteiger partial charge in [0, 0.05) is 18.7 Å². The van der Waals surface area contributed by atoms with Gasteiger partial charge in [-0.25, -0.2) is 9.97 Å². The third kappa shape index (κ3) is 3.71.